The predicted octanol–water partition coefficient (Wildman–Crippen LogP) is 3.70. The molecule has 0 unspecified atom stereocenters. The van der Waals surface area contributed by atoms with Crippen molar-refractivity contribution in [1.82, 2.24) is 9.88 Å². The number of halogens is 3. The van der Waals surface area contributed by atoms with Crippen LogP contribution in [0.4, 0.5) is 13.2 Å². The zero-order valence-corrected chi connectivity index (χ0v) is 16.8. The highest BCUT2D eigenvalue weighted by Gasteiger charge is 2.65. The second-order valence-corrected chi connectivity index (χ2v) is 8.88. The van der Waals surface area contributed by atoms with E-state index in [0.29, 0.717) is 5.75 Å². The number of aromatic hydroxyl groups is 1. The number of pyridine rings is 1. The monoisotopic (exact) mass is 430 g/mol. The van der Waals surface area contributed by atoms with Crippen LogP contribution in [0.25, 0.3) is 0 Å². The summed E-state index contributed by atoms with van der Waals surface area (Å²) in [5.74, 6) is 0.192. The smallest absolute Gasteiger partial charge is 0.421 e. The van der Waals surface area contributed by atoms with Crippen molar-refractivity contribution in [3.05, 3.63) is 59.3 Å². The van der Waals surface area contributed by atoms with E-state index in [0.717, 1.165) is 36.6 Å². The van der Waals surface area contributed by atoms with Gasteiger partial charge in [-0.05, 0) is 56.3 Å². The largest absolute Gasteiger partial charge is 0.504 e. The van der Waals surface area contributed by atoms with Crippen LogP contribution in [0.15, 0.2) is 42.6 Å². The number of benzene rings is 1. The molecule has 8 heteroatoms. The Balaban J connectivity index is 1.47. The first-order valence-corrected chi connectivity index (χ1v) is 10.4. The van der Waals surface area contributed by atoms with Crippen molar-refractivity contribution < 1.29 is 27.8 Å². The number of hydrogen-bond donors (Lipinski definition) is 1. The lowest BCUT2D eigenvalue weighted by Crippen LogP contribution is -2.65. The van der Waals surface area contributed by atoms with E-state index in [1.807, 2.05) is 12.1 Å². The van der Waals surface area contributed by atoms with Crippen molar-refractivity contribution >= 4 is 0 Å². The normalized spacial score (nSPS) is 33.0. The molecule has 2 aromatic rings. The number of rotatable bonds is 2. The number of ether oxygens (including phenoxy) is 2. The van der Waals surface area contributed by atoms with Gasteiger partial charge in [0.1, 0.15) is 11.7 Å². The number of nitrogens with zero attached hydrogens (tertiary/aromatic N) is 2. The van der Waals surface area contributed by atoms with Gasteiger partial charge in [-0.2, -0.15) is 13.2 Å². The third-order valence-corrected chi connectivity index (χ3v) is 7.45. The molecule has 1 spiro atoms. The average Bonchev–Trinajstić information content (AvgIpc) is 3.09. The molecule has 2 aliphatic heterocycles. The third kappa shape index (κ3) is 2.45. The zero-order chi connectivity index (χ0) is 21.5. The summed E-state index contributed by atoms with van der Waals surface area (Å²) in [7, 11) is 2.11. The number of likely N-dealkylation sites (tertiary alicyclic amines) is 1. The third-order valence-electron chi connectivity index (χ3n) is 7.45. The van der Waals surface area contributed by atoms with Crippen LogP contribution < -0.4 is 9.47 Å². The van der Waals surface area contributed by atoms with Crippen LogP contribution in [0.2, 0.25) is 0 Å². The SMILES string of the molecule is CN1CC[C@]23c4c5ccc(O)c4O[C@H]2[C@@H](Oc2ncccc2C(F)(F)F)C=C[C@H]3[C@H]1C5. The van der Waals surface area contributed by atoms with Crippen LogP contribution in [-0.2, 0) is 18.0 Å². The van der Waals surface area contributed by atoms with Gasteiger partial charge in [-0.25, -0.2) is 4.98 Å². The Morgan fingerprint density at radius 2 is 2.10 bits per heavy atom. The van der Waals surface area contributed by atoms with Crippen molar-refractivity contribution in [3.63, 3.8) is 0 Å². The second kappa shape index (κ2) is 6.16. The summed E-state index contributed by atoms with van der Waals surface area (Å²) in [5, 5.41) is 10.5. The van der Waals surface area contributed by atoms with Gasteiger partial charge in [-0.15, -0.1) is 0 Å². The van der Waals surface area contributed by atoms with Gasteiger partial charge in [0, 0.05) is 29.1 Å². The van der Waals surface area contributed by atoms with E-state index >= 15 is 0 Å². The first-order valence-electron chi connectivity index (χ1n) is 10.4. The van der Waals surface area contributed by atoms with Crippen LogP contribution in [0.3, 0.4) is 0 Å². The topological polar surface area (TPSA) is 54.8 Å². The van der Waals surface area contributed by atoms with E-state index in [9.17, 15) is 18.3 Å². The van der Waals surface area contributed by atoms with E-state index in [1.54, 1.807) is 6.07 Å². The molecule has 0 radical (unpaired) electrons. The minimum atomic E-state index is -4.57. The lowest BCUT2D eigenvalue weighted by molar-refractivity contribution is -0.140. The summed E-state index contributed by atoms with van der Waals surface area (Å²) >= 11 is 0. The zero-order valence-electron chi connectivity index (χ0n) is 16.8. The van der Waals surface area contributed by atoms with Gasteiger partial charge >= 0.3 is 6.18 Å². The lowest BCUT2D eigenvalue weighted by Gasteiger charge is -2.56. The van der Waals surface area contributed by atoms with Crippen molar-refractivity contribution in [3.8, 4) is 17.4 Å². The molecule has 3 heterocycles. The van der Waals surface area contributed by atoms with Crippen molar-refractivity contribution in [2.24, 2.45) is 5.92 Å². The number of hydrogen-bond acceptors (Lipinski definition) is 5. The summed E-state index contributed by atoms with van der Waals surface area (Å²) in [6, 6.07) is 6.06. The molecule has 0 amide bonds. The molecule has 5 atom stereocenters. The molecule has 1 N–H and O–H groups in total. The molecule has 2 aliphatic carbocycles. The number of likely N-dealkylation sites (N-methyl/N-ethyl adjacent to an activating group) is 1. The summed E-state index contributed by atoms with van der Waals surface area (Å²) in [5.41, 5.74) is 0.783. The summed E-state index contributed by atoms with van der Waals surface area (Å²) in [6.07, 6.45) is 0.924. The summed E-state index contributed by atoms with van der Waals surface area (Å²) in [4.78, 5) is 6.21. The molecule has 31 heavy (non-hydrogen) atoms. The van der Waals surface area contributed by atoms with Crippen molar-refractivity contribution in [1.29, 1.82) is 0 Å². The standard InChI is InChI=1S/C23H21F3N2O3/c1-28-10-8-22-13-5-7-17(30-21-14(23(24,25)26)3-2-9-27-21)20(22)31-19-16(29)6-4-12(18(19)22)11-15(13)28/h2-7,9,13,15,17,20,29H,8,10-11H2,1H3/t13-,15+,17-,20-,22-/m0/s1. The maximum absolute atomic E-state index is 13.5. The minimum absolute atomic E-state index is 0.0613. The highest BCUT2D eigenvalue weighted by Crippen LogP contribution is 2.62. The second-order valence-electron chi connectivity index (χ2n) is 8.88. The van der Waals surface area contributed by atoms with Crippen LogP contribution in [-0.4, -0.2) is 46.8 Å². The Hall–Kier alpha value is -2.74. The molecular weight excluding hydrogens is 409 g/mol. The molecule has 2 bridgehead atoms. The van der Waals surface area contributed by atoms with E-state index in [1.165, 1.54) is 12.3 Å². The molecule has 1 fully saturated rings. The maximum atomic E-state index is 13.5. The highest BCUT2D eigenvalue weighted by molar-refractivity contribution is 5.61. The molecule has 4 aliphatic rings. The summed E-state index contributed by atoms with van der Waals surface area (Å²) < 4.78 is 52.7. The summed E-state index contributed by atoms with van der Waals surface area (Å²) in [6.45, 7) is 0.841. The van der Waals surface area contributed by atoms with Crippen LogP contribution >= 0.6 is 0 Å². The lowest BCUT2D eigenvalue weighted by atomic mass is 9.53. The van der Waals surface area contributed by atoms with Crippen molar-refractivity contribution in [2.75, 3.05) is 13.6 Å². The first-order chi connectivity index (χ1) is 14.8. The number of piperidine rings is 1. The highest BCUT2D eigenvalue weighted by atomic mass is 19.4. The van der Waals surface area contributed by atoms with Crippen LogP contribution in [0.5, 0.6) is 17.4 Å². The van der Waals surface area contributed by atoms with Gasteiger partial charge in [-0.1, -0.05) is 12.1 Å². The molecule has 1 aromatic carbocycles. The number of alkyl halides is 3. The quantitative estimate of drug-likeness (QED) is 0.737. The fourth-order valence-corrected chi connectivity index (χ4v) is 6.15. The van der Waals surface area contributed by atoms with Gasteiger partial charge in [0.25, 0.3) is 0 Å². The minimum Gasteiger partial charge on any atom is -0.504 e. The Kier molecular flexibility index (Phi) is 3.77. The van der Waals surface area contributed by atoms with E-state index in [4.69, 9.17) is 9.47 Å². The molecule has 5 nitrogen and oxygen atoms in total. The van der Waals surface area contributed by atoms with Gasteiger partial charge in [0.05, 0.1) is 0 Å². The molecular formula is C23H21F3N2O3. The predicted molar refractivity (Wildman–Crippen MR) is 105 cm³/mol. The molecule has 1 aromatic heterocycles. The first kappa shape index (κ1) is 19.0. The fraction of sp³-hybridized carbons (Fsp3) is 0.435. The van der Waals surface area contributed by atoms with E-state index < -0.39 is 35.2 Å². The van der Waals surface area contributed by atoms with E-state index in [-0.39, 0.29) is 17.7 Å². The van der Waals surface area contributed by atoms with Crippen LogP contribution in [0.1, 0.15) is 23.1 Å². The van der Waals surface area contributed by atoms with Crippen LogP contribution in [0, 0.1) is 5.92 Å². The van der Waals surface area contributed by atoms with Gasteiger partial charge in [0.2, 0.25) is 5.88 Å². The molecule has 6 rings (SSSR count). The average molecular weight is 430 g/mol. The molecule has 162 valence electrons. The van der Waals surface area contributed by atoms with Crippen molar-refractivity contribution in [2.45, 2.75) is 42.7 Å². The Morgan fingerprint density at radius 1 is 1.26 bits per heavy atom. The van der Waals surface area contributed by atoms with Gasteiger partial charge in [-0.3, -0.25) is 0 Å². The fourth-order valence-electron chi connectivity index (χ4n) is 6.15. The van der Waals surface area contributed by atoms with Gasteiger partial charge < -0.3 is 19.5 Å². The number of phenolic OH excluding ortho intramolecular Hbond substituents is 1. The number of aromatic nitrogens is 1. The van der Waals surface area contributed by atoms with Gasteiger partial charge in [0.15, 0.2) is 17.6 Å². The van der Waals surface area contributed by atoms with E-state index in [2.05, 4.69) is 23.0 Å². The maximum Gasteiger partial charge on any atom is 0.421 e. The Labute approximate surface area is 177 Å². The molecule has 1 saturated heterocycles. The Morgan fingerprint density at radius 3 is 2.90 bits per heavy atom. The molecule has 0 saturated carbocycles. The Bertz CT molecular complexity index is 1100. The number of phenols is 1.